The molecule has 404 valence electrons. The molecule has 6 heteroatoms. The Morgan fingerprint density at radius 1 is 0.250 bits per heavy atom. The Morgan fingerprint density at radius 3 is 0.632 bits per heavy atom. The van der Waals surface area contributed by atoms with Crippen molar-refractivity contribution < 1.29 is 28.6 Å². The van der Waals surface area contributed by atoms with Crippen molar-refractivity contribution in [3.8, 4) is 0 Å². The van der Waals surface area contributed by atoms with Crippen molar-refractivity contribution in [2.45, 2.75) is 349 Å². The molecular weight excluding hydrogens is 841 g/mol. The molecule has 0 N–H and O–H groups in total. The molecule has 0 aromatic heterocycles. The zero-order valence-electron chi connectivity index (χ0n) is 46.9. The summed E-state index contributed by atoms with van der Waals surface area (Å²) < 4.78 is 16.9. The topological polar surface area (TPSA) is 78.9 Å². The summed E-state index contributed by atoms with van der Waals surface area (Å²) in [6, 6.07) is 0. The van der Waals surface area contributed by atoms with Crippen LogP contribution in [-0.2, 0) is 28.6 Å². The van der Waals surface area contributed by atoms with Crippen LogP contribution in [0.3, 0.4) is 0 Å². The lowest BCUT2D eigenvalue weighted by Crippen LogP contribution is -2.30. The van der Waals surface area contributed by atoms with E-state index in [1.807, 2.05) is 0 Å². The molecule has 6 nitrogen and oxygen atoms in total. The molecular formula is C62H120O6. The van der Waals surface area contributed by atoms with E-state index >= 15 is 0 Å². The summed E-state index contributed by atoms with van der Waals surface area (Å²) in [4.78, 5) is 38.2. The highest BCUT2D eigenvalue weighted by molar-refractivity contribution is 5.71. The molecule has 0 spiro atoms. The van der Waals surface area contributed by atoms with Gasteiger partial charge in [-0.2, -0.15) is 0 Å². The SMILES string of the molecule is CC(C)CCCCCCCCCCCCCCCCCCCCC(=O)OC[C@H](COC(=O)CCCCCCCCCCCCC(C)C)OC(=O)CCCCCCCCCCCCCCCC(C)C. The lowest BCUT2D eigenvalue weighted by atomic mass is 10.0. The van der Waals surface area contributed by atoms with Gasteiger partial charge in [0.1, 0.15) is 13.2 Å². The quantitative estimate of drug-likeness (QED) is 0.0343. The highest BCUT2D eigenvalue weighted by Crippen LogP contribution is 2.19. The predicted molar refractivity (Wildman–Crippen MR) is 293 cm³/mol. The van der Waals surface area contributed by atoms with Crippen LogP contribution >= 0.6 is 0 Å². The fraction of sp³-hybridized carbons (Fsp3) is 0.952. The molecule has 0 fully saturated rings. The van der Waals surface area contributed by atoms with Crippen LogP contribution in [0.15, 0.2) is 0 Å². The normalized spacial score (nSPS) is 12.1. The van der Waals surface area contributed by atoms with Gasteiger partial charge in [0.05, 0.1) is 0 Å². The van der Waals surface area contributed by atoms with Crippen LogP contribution in [0.2, 0.25) is 0 Å². The van der Waals surface area contributed by atoms with Gasteiger partial charge in [-0.15, -0.1) is 0 Å². The summed E-state index contributed by atoms with van der Waals surface area (Å²) in [6.07, 6.45) is 56.7. The van der Waals surface area contributed by atoms with Gasteiger partial charge in [0.25, 0.3) is 0 Å². The standard InChI is InChI=1S/C62H120O6/c1-56(2)48-42-36-30-24-18-14-11-9-7-8-10-12-16-20-27-33-39-45-51-60(63)66-54-59(55-67-61(64)52-46-40-34-28-23-22-26-32-38-44-50-58(5)6)68-62(65)53-47-41-35-29-21-17-13-15-19-25-31-37-43-49-57(3)4/h56-59H,7-55H2,1-6H3/t59-/m1/s1. The van der Waals surface area contributed by atoms with Crippen molar-refractivity contribution in [2.24, 2.45) is 17.8 Å². The van der Waals surface area contributed by atoms with Gasteiger partial charge in [-0.1, -0.05) is 305 Å². The van der Waals surface area contributed by atoms with Gasteiger partial charge in [0, 0.05) is 19.3 Å². The van der Waals surface area contributed by atoms with Crippen molar-refractivity contribution in [1.29, 1.82) is 0 Å². The van der Waals surface area contributed by atoms with Gasteiger partial charge in [0.15, 0.2) is 6.10 Å². The Kier molecular flexibility index (Phi) is 52.0. The average Bonchev–Trinajstić information content (AvgIpc) is 3.30. The van der Waals surface area contributed by atoms with Crippen LogP contribution in [0.5, 0.6) is 0 Å². The third-order valence-corrected chi connectivity index (χ3v) is 14.1. The zero-order chi connectivity index (χ0) is 49.8. The first-order valence-electron chi connectivity index (χ1n) is 30.6. The predicted octanol–water partition coefficient (Wildman–Crippen LogP) is 20.3. The Bertz CT molecular complexity index is 1050. The molecule has 0 rings (SSSR count). The number of carbonyl (C=O) groups is 3. The Hall–Kier alpha value is -1.59. The van der Waals surface area contributed by atoms with Gasteiger partial charge < -0.3 is 14.2 Å². The van der Waals surface area contributed by atoms with E-state index in [-0.39, 0.29) is 31.1 Å². The molecule has 0 aromatic carbocycles. The molecule has 0 unspecified atom stereocenters. The van der Waals surface area contributed by atoms with Gasteiger partial charge >= 0.3 is 17.9 Å². The summed E-state index contributed by atoms with van der Waals surface area (Å²) in [7, 11) is 0. The minimum Gasteiger partial charge on any atom is -0.462 e. The lowest BCUT2D eigenvalue weighted by molar-refractivity contribution is -0.167. The fourth-order valence-electron chi connectivity index (χ4n) is 9.53. The van der Waals surface area contributed by atoms with Crippen molar-refractivity contribution in [3.05, 3.63) is 0 Å². The summed E-state index contributed by atoms with van der Waals surface area (Å²) in [5.41, 5.74) is 0. The van der Waals surface area contributed by atoms with E-state index in [1.165, 1.54) is 225 Å². The number of hydrogen-bond acceptors (Lipinski definition) is 6. The first-order chi connectivity index (χ1) is 33.1. The summed E-state index contributed by atoms with van der Waals surface area (Å²) in [5.74, 6) is 1.68. The van der Waals surface area contributed by atoms with E-state index in [2.05, 4.69) is 41.5 Å². The zero-order valence-corrected chi connectivity index (χ0v) is 46.9. The minimum absolute atomic E-state index is 0.0631. The Balaban J connectivity index is 4.25. The Morgan fingerprint density at radius 2 is 0.426 bits per heavy atom. The van der Waals surface area contributed by atoms with Crippen molar-refractivity contribution >= 4 is 17.9 Å². The first-order valence-corrected chi connectivity index (χ1v) is 30.6. The molecule has 0 heterocycles. The number of hydrogen-bond donors (Lipinski definition) is 0. The van der Waals surface area contributed by atoms with E-state index in [0.29, 0.717) is 19.3 Å². The van der Waals surface area contributed by atoms with Crippen molar-refractivity contribution in [2.75, 3.05) is 13.2 Å². The van der Waals surface area contributed by atoms with E-state index in [4.69, 9.17) is 14.2 Å². The number of unbranched alkanes of at least 4 members (excludes halogenated alkanes) is 38. The second kappa shape index (κ2) is 53.2. The van der Waals surface area contributed by atoms with Crippen LogP contribution in [-0.4, -0.2) is 37.2 Å². The molecule has 0 saturated heterocycles. The lowest BCUT2D eigenvalue weighted by Gasteiger charge is -2.18. The van der Waals surface area contributed by atoms with E-state index < -0.39 is 6.10 Å². The monoisotopic (exact) mass is 961 g/mol. The Labute approximate surface area is 425 Å². The van der Waals surface area contributed by atoms with Gasteiger partial charge in [0.2, 0.25) is 0 Å². The van der Waals surface area contributed by atoms with E-state index in [0.717, 1.165) is 75.5 Å². The number of ether oxygens (including phenoxy) is 3. The first kappa shape index (κ1) is 66.4. The highest BCUT2D eigenvalue weighted by atomic mass is 16.6. The van der Waals surface area contributed by atoms with Gasteiger partial charge in [-0.3, -0.25) is 14.4 Å². The average molecular weight is 962 g/mol. The molecule has 0 radical (unpaired) electrons. The maximum atomic E-state index is 12.9. The molecule has 0 aliphatic heterocycles. The smallest absolute Gasteiger partial charge is 0.306 e. The maximum Gasteiger partial charge on any atom is 0.306 e. The molecule has 0 bridgehead atoms. The van der Waals surface area contributed by atoms with Crippen molar-refractivity contribution in [3.63, 3.8) is 0 Å². The summed E-state index contributed by atoms with van der Waals surface area (Å²) in [6.45, 7) is 13.8. The number of esters is 3. The second-order valence-electron chi connectivity index (χ2n) is 22.8. The molecule has 1 atom stereocenters. The molecule has 0 aliphatic carbocycles. The van der Waals surface area contributed by atoms with Crippen LogP contribution in [0.4, 0.5) is 0 Å². The van der Waals surface area contributed by atoms with E-state index in [9.17, 15) is 14.4 Å². The minimum atomic E-state index is -0.764. The van der Waals surface area contributed by atoms with Crippen LogP contribution in [0.25, 0.3) is 0 Å². The van der Waals surface area contributed by atoms with Crippen molar-refractivity contribution in [1.82, 2.24) is 0 Å². The second-order valence-corrected chi connectivity index (χ2v) is 22.8. The summed E-state index contributed by atoms with van der Waals surface area (Å²) >= 11 is 0. The molecule has 0 amide bonds. The molecule has 0 saturated carbocycles. The highest BCUT2D eigenvalue weighted by Gasteiger charge is 2.19. The number of rotatable bonds is 55. The third kappa shape index (κ3) is 55.3. The number of carbonyl (C=O) groups excluding carboxylic acids is 3. The summed E-state index contributed by atoms with van der Waals surface area (Å²) in [5, 5.41) is 0. The van der Waals surface area contributed by atoms with E-state index in [1.54, 1.807) is 0 Å². The maximum absolute atomic E-state index is 12.9. The third-order valence-electron chi connectivity index (χ3n) is 14.1. The van der Waals surface area contributed by atoms with Crippen LogP contribution in [0.1, 0.15) is 343 Å². The molecule has 68 heavy (non-hydrogen) atoms. The molecule has 0 aliphatic rings. The molecule has 0 aromatic rings. The van der Waals surface area contributed by atoms with Crippen LogP contribution < -0.4 is 0 Å². The van der Waals surface area contributed by atoms with Gasteiger partial charge in [-0.25, -0.2) is 0 Å². The van der Waals surface area contributed by atoms with Crippen LogP contribution in [0, 0.1) is 17.8 Å². The van der Waals surface area contributed by atoms with Gasteiger partial charge in [-0.05, 0) is 37.0 Å². The largest absolute Gasteiger partial charge is 0.462 e. The fourth-order valence-corrected chi connectivity index (χ4v) is 9.53.